The highest BCUT2D eigenvalue weighted by molar-refractivity contribution is 6.04. The zero-order valence-corrected chi connectivity index (χ0v) is 18.1. The van der Waals surface area contributed by atoms with Crippen molar-refractivity contribution in [3.05, 3.63) is 64.9 Å². The fourth-order valence-electron chi connectivity index (χ4n) is 4.17. The molecule has 162 valence electrons. The minimum Gasteiger partial charge on any atom is -0.368 e. The van der Waals surface area contributed by atoms with Gasteiger partial charge in [-0.2, -0.15) is 9.97 Å². The molecule has 1 aromatic carbocycles. The summed E-state index contributed by atoms with van der Waals surface area (Å²) in [7, 11) is 1.73. The van der Waals surface area contributed by atoms with Crippen molar-refractivity contribution in [1.82, 2.24) is 19.9 Å². The van der Waals surface area contributed by atoms with Gasteiger partial charge in [0, 0.05) is 18.2 Å². The summed E-state index contributed by atoms with van der Waals surface area (Å²) in [6, 6.07) is 12.2. The minimum atomic E-state index is -0.174. The number of pyridine rings is 1. The summed E-state index contributed by atoms with van der Waals surface area (Å²) in [6.45, 7) is 2.42. The highest BCUT2D eigenvalue weighted by Crippen LogP contribution is 2.34. The Morgan fingerprint density at radius 2 is 2.00 bits per heavy atom. The van der Waals surface area contributed by atoms with E-state index in [2.05, 4.69) is 51.0 Å². The van der Waals surface area contributed by atoms with Crippen LogP contribution in [0.4, 0.5) is 17.6 Å². The molecule has 0 radical (unpaired) electrons. The molecule has 1 amide bonds. The Balaban J connectivity index is 1.59. The molecular weight excluding hydrogens is 402 g/mol. The van der Waals surface area contributed by atoms with Crippen LogP contribution in [-0.4, -0.2) is 39.5 Å². The lowest BCUT2D eigenvalue weighted by Crippen LogP contribution is -2.38. The molecule has 0 saturated carbocycles. The highest BCUT2D eigenvalue weighted by atomic mass is 16.2. The number of carbonyl (C=O) groups is 1. The third-order valence-corrected chi connectivity index (χ3v) is 5.86. The quantitative estimate of drug-likeness (QED) is 0.582. The van der Waals surface area contributed by atoms with Crippen LogP contribution in [-0.2, 0) is 6.42 Å². The average Bonchev–Trinajstić information content (AvgIpc) is 2.81. The lowest BCUT2D eigenvalue weighted by Gasteiger charge is -2.28. The summed E-state index contributed by atoms with van der Waals surface area (Å²) in [5.41, 5.74) is 11.6. The second-order valence-corrected chi connectivity index (χ2v) is 8.14. The number of hydrogen-bond acceptors (Lipinski definition) is 7. The molecule has 1 atom stereocenters. The topological polar surface area (TPSA) is 109 Å². The average molecular weight is 428 g/mol. The number of fused-ring (bicyclic) bond motifs is 2. The Kier molecular flexibility index (Phi) is 4.97. The number of nitrogen functional groups attached to an aromatic ring is 1. The van der Waals surface area contributed by atoms with Gasteiger partial charge in [-0.25, -0.2) is 4.98 Å². The molecule has 3 aromatic rings. The number of benzene rings is 1. The van der Waals surface area contributed by atoms with Gasteiger partial charge < -0.3 is 21.3 Å². The number of hydrogen-bond donors (Lipinski definition) is 3. The molecule has 1 aliphatic heterocycles. The van der Waals surface area contributed by atoms with Crippen LogP contribution in [0.25, 0.3) is 17.3 Å². The van der Waals surface area contributed by atoms with Gasteiger partial charge in [0.2, 0.25) is 5.95 Å². The monoisotopic (exact) mass is 427 g/mol. The molecule has 8 heteroatoms. The molecule has 2 aliphatic rings. The van der Waals surface area contributed by atoms with E-state index >= 15 is 0 Å². The molecule has 3 heterocycles. The molecule has 4 N–H and O–H groups in total. The first-order valence-corrected chi connectivity index (χ1v) is 10.7. The van der Waals surface area contributed by atoms with Gasteiger partial charge in [-0.3, -0.25) is 4.79 Å². The number of carbonyl (C=O) groups excluding carboxylic acids is 1. The van der Waals surface area contributed by atoms with Crippen molar-refractivity contribution in [1.29, 1.82) is 0 Å². The third kappa shape index (κ3) is 3.53. The molecule has 32 heavy (non-hydrogen) atoms. The lowest BCUT2D eigenvalue weighted by molar-refractivity contribution is 0.0796. The third-order valence-electron chi connectivity index (χ3n) is 5.86. The Morgan fingerprint density at radius 3 is 2.81 bits per heavy atom. The first kappa shape index (κ1) is 20.0. The van der Waals surface area contributed by atoms with Gasteiger partial charge in [0.05, 0.1) is 24.1 Å². The van der Waals surface area contributed by atoms with Crippen molar-refractivity contribution in [3.63, 3.8) is 0 Å². The molecule has 0 fully saturated rings. The van der Waals surface area contributed by atoms with Crippen molar-refractivity contribution in [3.8, 4) is 11.3 Å². The molecule has 0 spiro atoms. The molecule has 5 rings (SSSR count). The summed E-state index contributed by atoms with van der Waals surface area (Å²) in [6.07, 6.45) is 6.21. The number of anilines is 3. The van der Waals surface area contributed by atoms with Crippen LogP contribution < -0.4 is 16.4 Å². The summed E-state index contributed by atoms with van der Waals surface area (Å²) < 4.78 is 0. The van der Waals surface area contributed by atoms with Crippen molar-refractivity contribution in [2.45, 2.75) is 25.8 Å². The van der Waals surface area contributed by atoms with E-state index in [1.165, 1.54) is 5.56 Å². The Bertz CT molecular complexity index is 1220. The standard InChI is InChI=1S/C24H25N7O/c1-14(27-22-19-21(29-24(25)30-22)26-13-31(2)23(19)32)17-12-16-10-6-7-11-18(16)28-20(17)15-8-4-3-5-9-15/h3-5,7-9,11-12,14H,6,10,13H2,1-2H3,(H4,25,26,27,29,30)/t14-/m0/s1. The zero-order valence-electron chi connectivity index (χ0n) is 18.1. The van der Waals surface area contributed by atoms with Crippen LogP contribution in [0.15, 0.2) is 42.5 Å². The number of allylic oxidation sites excluding steroid dienone is 1. The number of nitrogens with zero attached hydrogens (tertiary/aromatic N) is 4. The number of aryl methyl sites for hydroxylation is 1. The van der Waals surface area contributed by atoms with Crippen LogP contribution >= 0.6 is 0 Å². The second kappa shape index (κ2) is 7.96. The summed E-state index contributed by atoms with van der Waals surface area (Å²) >= 11 is 0. The summed E-state index contributed by atoms with van der Waals surface area (Å²) in [4.78, 5) is 28.0. The van der Waals surface area contributed by atoms with Crippen LogP contribution in [0.1, 0.15) is 46.6 Å². The Morgan fingerprint density at radius 1 is 1.19 bits per heavy atom. The van der Waals surface area contributed by atoms with Gasteiger partial charge in [-0.05, 0) is 37.5 Å². The van der Waals surface area contributed by atoms with E-state index in [4.69, 9.17) is 10.7 Å². The molecule has 2 aromatic heterocycles. The van der Waals surface area contributed by atoms with Crippen LogP contribution in [0.3, 0.4) is 0 Å². The van der Waals surface area contributed by atoms with Crippen molar-refractivity contribution in [2.24, 2.45) is 0 Å². The van der Waals surface area contributed by atoms with Gasteiger partial charge in [-0.1, -0.05) is 36.4 Å². The van der Waals surface area contributed by atoms with Gasteiger partial charge in [0.25, 0.3) is 5.91 Å². The fraction of sp³-hybridized carbons (Fsp3) is 0.250. The van der Waals surface area contributed by atoms with E-state index in [0.717, 1.165) is 35.4 Å². The number of aromatic nitrogens is 3. The maximum atomic E-state index is 12.9. The normalized spacial score (nSPS) is 15.6. The van der Waals surface area contributed by atoms with Gasteiger partial charge >= 0.3 is 0 Å². The first-order valence-electron chi connectivity index (χ1n) is 10.7. The van der Waals surface area contributed by atoms with Gasteiger partial charge in [0.15, 0.2) is 0 Å². The maximum Gasteiger partial charge on any atom is 0.262 e. The van der Waals surface area contributed by atoms with Crippen LogP contribution in [0, 0.1) is 0 Å². The van der Waals surface area contributed by atoms with E-state index < -0.39 is 0 Å². The lowest BCUT2D eigenvalue weighted by atomic mass is 9.93. The molecule has 1 aliphatic carbocycles. The second-order valence-electron chi connectivity index (χ2n) is 8.14. The van der Waals surface area contributed by atoms with Crippen molar-refractivity contribution < 1.29 is 4.79 Å². The summed E-state index contributed by atoms with van der Waals surface area (Å²) in [5, 5.41) is 6.55. The predicted molar refractivity (Wildman–Crippen MR) is 126 cm³/mol. The number of amides is 1. The first-order chi connectivity index (χ1) is 15.5. The number of nitrogens with one attached hydrogen (secondary N) is 2. The number of rotatable bonds is 4. The molecule has 0 unspecified atom stereocenters. The Labute approximate surface area is 186 Å². The smallest absolute Gasteiger partial charge is 0.262 e. The maximum absolute atomic E-state index is 12.9. The SMILES string of the molecule is C[C@H](Nc1nc(N)nc2c1C(=O)N(C)CN2)c1cc2c(nc1-c1ccccc1)C=CCC2. The highest BCUT2D eigenvalue weighted by Gasteiger charge is 2.29. The molecule has 0 bridgehead atoms. The Hall–Kier alpha value is -3.94. The van der Waals surface area contributed by atoms with Crippen molar-refractivity contribution >= 4 is 29.6 Å². The van der Waals surface area contributed by atoms with Crippen LogP contribution in [0.5, 0.6) is 0 Å². The minimum absolute atomic E-state index is 0.111. The predicted octanol–water partition coefficient (Wildman–Crippen LogP) is 3.71. The van der Waals surface area contributed by atoms with E-state index in [1.54, 1.807) is 11.9 Å². The molecular formula is C24H25N7O. The van der Waals surface area contributed by atoms with Crippen molar-refractivity contribution in [2.75, 3.05) is 30.1 Å². The molecule has 8 nitrogen and oxygen atoms in total. The van der Waals surface area contributed by atoms with E-state index in [9.17, 15) is 4.79 Å². The zero-order chi connectivity index (χ0) is 22.2. The molecule has 0 saturated heterocycles. The summed E-state index contributed by atoms with van der Waals surface area (Å²) in [5.74, 6) is 0.832. The fourth-order valence-corrected chi connectivity index (χ4v) is 4.17. The van der Waals surface area contributed by atoms with E-state index in [-0.39, 0.29) is 17.9 Å². The number of nitrogens with two attached hydrogens (primary N) is 1. The van der Waals surface area contributed by atoms with E-state index in [0.29, 0.717) is 23.9 Å². The van der Waals surface area contributed by atoms with Crippen LogP contribution in [0.2, 0.25) is 0 Å². The van der Waals surface area contributed by atoms with E-state index in [1.807, 2.05) is 25.1 Å². The largest absolute Gasteiger partial charge is 0.368 e. The van der Waals surface area contributed by atoms with Gasteiger partial charge in [-0.15, -0.1) is 0 Å². The van der Waals surface area contributed by atoms with Gasteiger partial charge in [0.1, 0.15) is 17.2 Å².